The molecule has 0 atom stereocenters. The third kappa shape index (κ3) is 2.07. The largest absolute Gasteiger partial charge is 0.115 e. The van der Waals surface area contributed by atoms with Gasteiger partial charge >= 0.3 is 0 Å². The Morgan fingerprint density at radius 1 is 0.826 bits per heavy atom. The molecule has 23 heavy (non-hydrogen) atoms. The summed E-state index contributed by atoms with van der Waals surface area (Å²) in [5.74, 6) is 5.44. The van der Waals surface area contributed by atoms with Crippen LogP contribution < -0.4 is 0 Å². The van der Waals surface area contributed by atoms with Gasteiger partial charge in [0, 0.05) is 16.7 Å². The van der Waals surface area contributed by atoms with E-state index in [9.17, 15) is 0 Å². The summed E-state index contributed by atoms with van der Waals surface area (Å²) in [5, 5.41) is 0. The second kappa shape index (κ2) is 5.08. The maximum absolute atomic E-state index is 5.57. The van der Waals surface area contributed by atoms with E-state index < -0.39 is 0 Å². The predicted octanol–water partition coefficient (Wildman–Crippen LogP) is 4.71. The molecule has 0 amide bonds. The third-order valence-corrected chi connectivity index (χ3v) is 4.16. The van der Waals surface area contributed by atoms with E-state index in [1.54, 1.807) is 0 Å². The van der Waals surface area contributed by atoms with Crippen molar-refractivity contribution in [2.45, 2.75) is 0 Å². The van der Waals surface area contributed by atoms with Crippen LogP contribution in [0.4, 0.5) is 0 Å². The first-order chi connectivity index (χ1) is 11.3. The standard InChI is InChI=1S/C23H12/c1-3-16-9-11-19-20-12-10-17(4-2)14-22(20)23(21(19)13-16)15-18-7-5-6-8-18/h1-2,5-7,9-15H. The minimum Gasteiger partial charge on any atom is -0.115 e. The van der Waals surface area contributed by atoms with Crippen LogP contribution in [0, 0.1) is 24.7 Å². The smallest absolute Gasteiger partial charge is 0.0249 e. The predicted molar refractivity (Wildman–Crippen MR) is 95.6 cm³/mol. The number of rotatable bonds is 1. The molecule has 0 aromatic heterocycles. The van der Waals surface area contributed by atoms with E-state index >= 15 is 0 Å². The van der Waals surface area contributed by atoms with Crippen LogP contribution in [0.25, 0.3) is 16.7 Å². The number of hydrogen-bond donors (Lipinski definition) is 0. The molecule has 2 aromatic carbocycles. The summed E-state index contributed by atoms with van der Waals surface area (Å²) in [7, 11) is 0. The maximum atomic E-state index is 5.57. The van der Waals surface area contributed by atoms with Crippen molar-refractivity contribution in [1.82, 2.24) is 0 Å². The summed E-state index contributed by atoms with van der Waals surface area (Å²) < 4.78 is 0. The molecule has 0 heterocycles. The molecule has 2 aliphatic rings. The fraction of sp³-hybridized carbons (Fsp3) is 0. The van der Waals surface area contributed by atoms with Gasteiger partial charge in [0.15, 0.2) is 0 Å². The zero-order valence-electron chi connectivity index (χ0n) is 12.4. The molecule has 0 heteroatoms. The molecule has 0 saturated heterocycles. The SMILES string of the molecule is C#Cc1ccc2c(c1)C(=CC1=C=CC=C1)c1cc(C#C)ccc1-2. The lowest BCUT2D eigenvalue weighted by Gasteiger charge is -2.04. The van der Waals surface area contributed by atoms with Crippen LogP contribution in [0.15, 0.2) is 72.0 Å². The summed E-state index contributed by atoms with van der Waals surface area (Å²) in [5.41, 5.74) is 11.9. The lowest BCUT2D eigenvalue weighted by Crippen LogP contribution is -1.85. The fourth-order valence-corrected chi connectivity index (χ4v) is 3.07. The van der Waals surface area contributed by atoms with Gasteiger partial charge in [-0.15, -0.1) is 18.6 Å². The van der Waals surface area contributed by atoms with Crippen molar-refractivity contribution >= 4 is 5.57 Å². The van der Waals surface area contributed by atoms with Gasteiger partial charge in [-0.25, -0.2) is 0 Å². The Hall–Kier alpha value is -3.44. The Morgan fingerprint density at radius 3 is 1.91 bits per heavy atom. The first-order valence-electron chi connectivity index (χ1n) is 7.37. The molecule has 4 rings (SSSR count). The summed E-state index contributed by atoms with van der Waals surface area (Å²) in [6.07, 6.45) is 19.2. The van der Waals surface area contributed by atoms with Crippen LogP contribution in [0.5, 0.6) is 0 Å². The number of fused-ring (bicyclic) bond motifs is 3. The molecule has 2 aliphatic carbocycles. The van der Waals surface area contributed by atoms with Crippen molar-refractivity contribution in [2.24, 2.45) is 0 Å². The van der Waals surface area contributed by atoms with E-state index in [0.717, 1.165) is 33.4 Å². The minimum absolute atomic E-state index is 0.881. The van der Waals surface area contributed by atoms with Gasteiger partial charge in [0.05, 0.1) is 0 Å². The molecule has 0 fully saturated rings. The molecule has 0 saturated carbocycles. The first-order valence-corrected chi connectivity index (χ1v) is 7.37. The van der Waals surface area contributed by atoms with E-state index in [1.165, 1.54) is 11.1 Å². The van der Waals surface area contributed by atoms with Gasteiger partial charge in [-0.05, 0) is 70.3 Å². The Labute approximate surface area is 136 Å². The quantitative estimate of drug-likeness (QED) is 0.449. The van der Waals surface area contributed by atoms with Crippen molar-refractivity contribution in [3.8, 4) is 35.8 Å². The Kier molecular flexibility index (Phi) is 2.92. The van der Waals surface area contributed by atoms with Gasteiger partial charge in [-0.1, -0.05) is 30.0 Å². The topological polar surface area (TPSA) is 0 Å². The summed E-state index contributed by atoms with van der Waals surface area (Å²) in [4.78, 5) is 0. The maximum Gasteiger partial charge on any atom is 0.0249 e. The van der Waals surface area contributed by atoms with Crippen molar-refractivity contribution in [2.75, 3.05) is 0 Å². The Balaban J connectivity index is 2.02. The minimum atomic E-state index is 0.881. The van der Waals surface area contributed by atoms with Crippen LogP contribution in [-0.2, 0) is 0 Å². The van der Waals surface area contributed by atoms with E-state index in [0.29, 0.717) is 0 Å². The molecule has 0 N–H and O–H groups in total. The van der Waals surface area contributed by atoms with Crippen LogP contribution in [-0.4, -0.2) is 0 Å². The second-order valence-corrected chi connectivity index (χ2v) is 5.49. The highest BCUT2D eigenvalue weighted by atomic mass is 14.3. The van der Waals surface area contributed by atoms with E-state index in [1.807, 2.05) is 30.4 Å². The normalized spacial score (nSPS) is 13.1. The summed E-state index contributed by atoms with van der Waals surface area (Å²) in [6, 6.07) is 12.3. The lowest BCUT2D eigenvalue weighted by molar-refractivity contribution is 1.60. The van der Waals surface area contributed by atoms with Crippen LogP contribution in [0.1, 0.15) is 22.3 Å². The average Bonchev–Trinajstić information content (AvgIpc) is 3.21. The molecule has 0 unspecified atom stereocenters. The Morgan fingerprint density at radius 2 is 1.43 bits per heavy atom. The van der Waals surface area contributed by atoms with Gasteiger partial charge in [0.1, 0.15) is 0 Å². The number of benzene rings is 2. The highest BCUT2D eigenvalue weighted by molar-refractivity contribution is 6.02. The number of allylic oxidation sites excluding steroid dienone is 4. The van der Waals surface area contributed by atoms with Crippen molar-refractivity contribution in [1.29, 1.82) is 0 Å². The number of hydrogen-bond acceptors (Lipinski definition) is 0. The first kappa shape index (κ1) is 13.2. The third-order valence-electron chi connectivity index (χ3n) is 4.16. The van der Waals surface area contributed by atoms with Crippen LogP contribution >= 0.6 is 0 Å². The lowest BCUT2D eigenvalue weighted by atomic mass is 9.99. The Bertz CT molecular complexity index is 985. The molecule has 2 aromatic rings. The zero-order valence-corrected chi connectivity index (χ0v) is 12.4. The monoisotopic (exact) mass is 288 g/mol. The van der Waals surface area contributed by atoms with Gasteiger partial charge in [-0.2, -0.15) is 0 Å². The molecule has 0 radical (unpaired) electrons. The fourth-order valence-electron chi connectivity index (χ4n) is 3.07. The molecule has 0 spiro atoms. The van der Waals surface area contributed by atoms with Crippen LogP contribution in [0.2, 0.25) is 0 Å². The molecule has 0 nitrogen and oxygen atoms in total. The van der Waals surface area contributed by atoms with Gasteiger partial charge in [-0.3, -0.25) is 0 Å². The summed E-state index contributed by atoms with van der Waals surface area (Å²) in [6.45, 7) is 0. The van der Waals surface area contributed by atoms with Gasteiger partial charge in [0.2, 0.25) is 0 Å². The molecule has 0 bridgehead atoms. The van der Waals surface area contributed by atoms with Crippen LogP contribution in [0.3, 0.4) is 0 Å². The van der Waals surface area contributed by atoms with E-state index in [4.69, 9.17) is 12.8 Å². The molecular weight excluding hydrogens is 276 g/mol. The molecular formula is C23H12. The highest BCUT2D eigenvalue weighted by Gasteiger charge is 2.24. The van der Waals surface area contributed by atoms with Crippen molar-refractivity contribution < 1.29 is 0 Å². The zero-order chi connectivity index (χ0) is 15.8. The van der Waals surface area contributed by atoms with Crippen molar-refractivity contribution in [3.05, 3.63) is 94.3 Å². The number of terminal acetylenes is 2. The average molecular weight is 288 g/mol. The van der Waals surface area contributed by atoms with E-state index in [2.05, 4.69) is 47.9 Å². The highest BCUT2D eigenvalue weighted by Crippen LogP contribution is 2.45. The summed E-state index contributed by atoms with van der Waals surface area (Å²) >= 11 is 0. The molecule has 0 aliphatic heterocycles. The second-order valence-electron chi connectivity index (χ2n) is 5.49. The molecule has 104 valence electrons. The van der Waals surface area contributed by atoms with Gasteiger partial charge < -0.3 is 0 Å². The van der Waals surface area contributed by atoms with E-state index in [-0.39, 0.29) is 0 Å². The van der Waals surface area contributed by atoms with Crippen molar-refractivity contribution in [3.63, 3.8) is 0 Å². The van der Waals surface area contributed by atoms with Gasteiger partial charge in [0.25, 0.3) is 0 Å².